The summed E-state index contributed by atoms with van der Waals surface area (Å²) in [5.41, 5.74) is 0. The number of hydrogen-bond donors (Lipinski definition) is 1. The van der Waals surface area contributed by atoms with Gasteiger partial charge in [0.15, 0.2) is 0 Å². The second-order valence-corrected chi connectivity index (χ2v) is 2.47. The minimum absolute atomic E-state index is 1.05. The predicted molar refractivity (Wildman–Crippen MR) is 41.2 cm³/mol. The lowest BCUT2D eigenvalue weighted by Gasteiger charge is -1.92. The van der Waals surface area contributed by atoms with Crippen LogP contribution in [0.5, 0.6) is 0 Å². The van der Waals surface area contributed by atoms with Crippen LogP contribution in [0.2, 0.25) is 0 Å². The first-order valence-corrected chi connectivity index (χ1v) is 3.90. The van der Waals surface area contributed by atoms with Gasteiger partial charge in [0, 0.05) is 11.6 Å². The van der Waals surface area contributed by atoms with Crippen LogP contribution in [0.1, 0.15) is 6.92 Å². The summed E-state index contributed by atoms with van der Waals surface area (Å²) in [6.07, 6.45) is 4.23. The molecule has 0 rings (SSSR count). The maximum absolute atomic E-state index is 3.06. The van der Waals surface area contributed by atoms with E-state index in [0.29, 0.717) is 0 Å². The number of allylic oxidation sites excluding steroid dienone is 1. The van der Waals surface area contributed by atoms with Crippen molar-refractivity contribution >= 4 is 11.8 Å². The van der Waals surface area contributed by atoms with E-state index in [9.17, 15) is 0 Å². The maximum Gasteiger partial charge on any atom is 0.0418 e. The molecule has 0 aliphatic heterocycles. The van der Waals surface area contributed by atoms with Crippen molar-refractivity contribution in [3.8, 4) is 0 Å². The Bertz CT molecular complexity index is 61.5. The highest BCUT2D eigenvalue weighted by Crippen LogP contribution is 1.95. The third kappa shape index (κ3) is 6.05. The summed E-state index contributed by atoms with van der Waals surface area (Å²) in [5, 5.41) is 3.06. The molecule has 0 saturated carbocycles. The first-order valence-electron chi connectivity index (χ1n) is 2.75. The van der Waals surface area contributed by atoms with Gasteiger partial charge in [0.05, 0.1) is 0 Å². The Kier molecular flexibility index (Phi) is 7.09. The number of thioether (sulfide) groups is 1. The summed E-state index contributed by atoms with van der Waals surface area (Å²) in [4.78, 5) is 0. The van der Waals surface area contributed by atoms with Crippen molar-refractivity contribution in [1.29, 1.82) is 0 Å². The first-order chi connectivity index (χ1) is 3.91. The number of nitrogens with one attached hydrogen (secondary N) is 1. The SMILES string of the molecule is C/C=C/CSCNC. The Morgan fingerprint density at radius 1 is 1.62 bits per heavy atom. The average Bonchev–Trinajstić information content (AvgIpc) is 1.81. The van der Waals surface area contributed by atoms with Crippen molar-refractivity contribution in [2.75, 3.05) is 18.7 Å². The molecule has 0 saturated heterocycles. The Balaban J connectivity index is 2.72. The molecule has 0 aliphatic rings. The zero-order valence-electron chi connectivity index (χ0n) is 5.48. The van der Waals surface area contributed by atoms with E-state index in [4.69, 9.17) is 0 Å². The van der Waals surface area contributed by atoms with Crippen molar-refractivity contribution in [3.05, 3.63) is 12.2 Å². The van der Waals surface area contributed by atoms with Crippen LogP contribution in [-0.4, -0.2) is 18.7 Å². The fourth-order valence-electron chi connectivity index (χ4n) is 0.325. The molecule has 0 heterocycles. The van der Waals surface area contributed by atoms with E-state index in [-0.39, 0.29) is 0 Å². The zero-order chi connectivity index (χ0) is 6.24. The molecule has 0 spiro atoms. The lowest BCUT2D eigenvalue weighted by molar-refractivity contribution is 0.983. The molecule has 0 aromatic heterocycles. The van der Waals surface area contributed by atoms with Gasteiger partial charge in [-0.3, -0.25) is 0 Å². The molecule has 0 aromatic rings. The van der Waals surface area contributed by atoms with Gasteiger partial charge < -0.3 is 5.32 Å². The molecule has 0 aliphatic carbocycles. The molecule has 0 bridgehead atoms. The van der Waals surface area contributed by atoms with E-state index in [0.717, 1.165) is 11.6 Å². The topological polar surface area (TPSA) is 12.0 Å². The summed E-state index contributed by atoms with van der Waals surface area (Å²) >= 11 is 1.88. The van der Waals surface area contributed by atoms with Crippen LogP contribution in [0.3, 0.4) is 0 Å². The molecule has 0 unspecified atom stereocenters. The normalized spacial score (nSPS) is 10.8. The van der Waals surface area contributed by atoms with Gasteiger partial charge in [0.2, 0.25) is 0 Å². The second kappa shape index (κ2) is 7.05. The predicted octanol–water partition coefficient (Wildman–Crippen LogP) is 1.47. The third-order valence-corrected chi connectivity index (χ3v) is 1.62. The van der Waals surface area contributed by atoms with Gasteiger partial charge in [-0.15, -0.1) is 11.8 Å². The van der Waals surface area contributed by atoms with Crippen LogP contribution in [0.4, 0.5) is 0 Å². The summed E-state index contributed by atoms with van der Waals surface area (Å²) in [6.45, 7) is 2.04. The van der Waals surface area contributed by atoms with Crippen LogP contribution in [-0.2, 0) is 0 Å². The molecule has 0 atom stereocenters. The molecular weight excluding hydrogens is 118 g/mol. The van der Waals surface area contributed by atoms with Crippen LogP contribution >= 0.6 is 11.8 Å². The summed E-state index contributed by atoms with van der Waals surface area (Å²) in [7, 11) is 1.96. The molecule has 0 fully saturated rings. The standard InChI is InChI=1S/C6H13NS/c1-3-4-5-8-6-7-2/h3-4,7H,5-6H2,1-2H3/b4-3+. The van der Waals surface area contributed by atoms with Crippen LogP contribution in [0.25, 0.3) is 0 Å². The van der Waals surface area contributed by atoms with Gasteiger partial charge in [-0.25, -0.2) is 0 Å². The highest BCUT2D eigenvalue weighted by Gasteiger charge is 1.76. The van der Waals surface area contributed by atoms with Gasteiger partial charge in [-0.2, -0.15) is 0 Å². The van der Waals surface area contributed by atoms with Crippen LogP contribution in [0.15, 0.2) is 12.2 Å². The molecule has 0 radical (unpaired) electrons. The quantitative estimate of drug-likeness (QED) is 0.352. The van der Waals surface area contributed by atoms with Gasteiger partial charge in [-0.05, 0) is 14.0 Å². The molecule has 1 N–H and O–H groups in total. The molecule has 2 heteroatoms. The van der Waals surface area contributed by atoms with Crippen LogP contribution < -0.4 is 5.32 Å². The summed E-state index contributed by atoms with van der Waals surface area (Å²) in [6, 6.07) is 0. The molecule has 48 valence electrons. The number of rotatable bonds is 4. The molecular formula is C6H13NS. The Hall–Kier alpha value is 0.0500. The van der Waals surface area contributed by atoms with Gasteiger partial charge in [-0.1, -0.05) is 12.2 Å². The molecule has 8 heavy (non-hydrogen) atoms. The average molecular weight is 131 g/mol. The van der Waals surface area contributed by atoms with E-state index in [1.165, 1.54) is 0 Å². The Labute approximate surface area is 55.5 Å². The van der Waals surface area contributed by atoms with Gasteiger partial charge in [0.25, 0.3) is 0 Å². The monoisotopic (exact) mass is 131 g/mol. The van der Waals surface area contributed by atoms with E-state index >= 15 is 0 Å². The van der Waals surface area contributed by atoms with Crippen molar-refractivity contribution in [1.82, 2.24) is 5.32 Å². The third-order valence-electron chi connectivity index (χ3n) is 0.696. The lowest BCUT2D eigenvalue weighted by Crippen LogP contribution is -2.03. The zero-order valence-corrected chi connectivity index (χ0v) is 6.29. The molecule has 0 amide bonds. The Morgan fingerprint density at radius 2 is 2.38 bits per heavy atom. The maximum atomic E-state index is 3.06. The van der Waals surface area contributed by atoms with Crippen molar-refractivity contribution in [2.45, 2.75) is 6.92 Å². The minimum Gasteiger partial charge on any atom is -0.311 e. The van der Waals surface area contributed by atoms with E-state index < -0.39 is 0 Å². The molecule has 1 nitrogen and oxygen atoms in total. The van der Waals surface area contributed by atoms with Crippen molar-refractivity contribution in [3.63, 3.8) is 0 Å². The summed E-state index contributed by atoms with van der Waals surface area (Å²) < 4.78 is 0. The largest absolute Gasteiger partial charge is 0.311 e. The highest BCUT2D eigenvalue weighted by atomic mass is 32.2. The highest BCUT2D eigenvalue weighted by molar-refractivity contribution is 7.99. The fourth-order valence-corrected chi connectivity index (χ4v) is 0.976. The van der Waals surface area contributed by atoms with Gasteiger partial charge in [0.1, 0.15) is 0 Å². The van der Waals surface area contributed by atoms with E-state index in [1.54, 1.807) is 0 Å². The van der Waals surface area contributed by atoms with E-state index in [2.05, 4.69) is 17.5 Å². The lowest BCUT2D eigenvalue weighted by atomic mass is 10.6. The minimum atomic E-state index is 1.05. The molecule has 0 aromatic carbocycles. The summed E-state index contributed by atoms with van der Waals surface area (Å²) in [5.74, 6) is 2.17. The second-order valence-electron chi connectivity index (χ2n) is 1.44. The van der Waals surface area contributed by atoms with E-state index in [1.807, 2.05) is 25.7 Å². The van der Waals surface area contributed by atoms with Crippen molar-refractivity contribution in [2.24, 2.45) is 0 Å². The Morgan fingerprint density at radius 3 is 2.88 bits per heavy atom. The van der Waals surface area contributed by atoms with Gasteiger partial charge >= 0.3 is 0 Å². The first kappa shape index (κ1) is 8.05. The number of hydrogen-bond acceptors (Lipinski definition) is 2. The van der Waals surface area contributed by atoms with Crippen LogP contribution in [0, 0.1) is 0 Å². The fraction of sp³-hybridized carbons (Fsp3) is 0.667. The van der Waals surface area contributed by atoms with Crippen molar-refractivity contribution < 1.29 is 0 Å². The smallest absolute Gasteiger partial charge is 0.0418 e.